The van der Waals surface area contributed by atoms with E-state index in [1.165, 1.54) is 18.2 Å². The number of hydrogen-bond acceptors (Lipinski definition) is 2. The summed E-state index contributed by atoms with van der Waals surface area (Å²) in [6, 6.07) is 4.53. The van der Waals surface area contributed by atoms with Gasteiger partial charge in [-0.3, -0.25) is 0 Å². The van der Waals surface area contributed by atoms with Crippen molar-refractivity contribution in [3.8, 4) is 5.75 Å². The van der Waals surface area contributed by atoms with E-state index in [0.717, 1.165) is 5.57 Å². The molecule has 0 aliphatic rings. The lowest BCUT2D eigenvalue weighted by Gasteiger charge is -2.06. The highest BCUT2D eigenvalue weighted by molar-refractivity contribution is 5.90. The van der Waals surface area contributed by atoms with Gasteiger partial charge in [-0.25, -0.2) is 4.79 Å². The van der Waals surface area contributed by atoms with Crippen molar-refractivity contribution in [1.29, 1.82) is 0 Å². The quantitative estimate of drug-likeness (QED) is 0.747. The molecule has 0 radical (unpaired) electrons. The second kappa shape index (κ2) is 4.64. The molecule has 0 fully saturated rings. The fraction of sp³-hybridized carbons (Fsp3) is 0.250. The van der Waals surface area contributed by atoms with Crippen LogP contribution in [-0.2, 0) is 6.42 Å². The first-order valence-corrected chi connectivity index (χ1v) is 4.70. The minimum absolute atomic E-state index is 0.0346. The van der Waals surface area contributed by atoms with Crippen LogP contribution in [0.25, 0.3) is 0 Å². The van der Waals surface area contributed by atoms with Gasteiger partial charge in [0.05, 0.1) is 5.56 Å². The van der Waals surface area contributed by atoms with E-state index < -0.39 is 5.97 Å². The Morgan fingerprint density at radius 1 is 1.40 bits per heavy atom. The van der Waals surface area contributed by atoms with E-state index in [1.54, 1.807) is 0 Å². The number of phenolic OH excluding ortho intramolecular Hbond substituents is 1. The van der Waals surface area contributed by atoms with Crippen LogP contribution in [0.1, 0.15) is 29.8 Å². The molecule has 2 N–H and O–H groups in total. The molecule has 0 amide bonds. The number of carboxylic acids is 1. The number of phenols is 1. The fourth-order valence-corrected chi connectivity index (χ4v) is 1.30. The van der Waals surface area contributed by atoms with E-state index in [4.69, 9.17) is 5.11 Å². The zero-order valence-corrected chi connectivity index (χ0v) is 8.82. The van der Waals surface area contributed by atoms with Gasteiger partial charge in [-0.1, -0.05) is 17.7 Å². The van der Waals surface area contributed by atoms with Gasteiger partial charge in [-0.2, -0.15) is 0 Å². The summed E-state index contributed by atoms with van der Waals surface area (Å²) in [4.78, 5) is 10.9. The van der Waals surface area contributed by atoms with Crippen LogP contribution >= 0.6 is 0 Å². The van der Waals surface area contributed by atoms with Crippen LogP contribution in [0.2, 0.25) is 0 Å². The zero-order chi connectivity index (χ0) is 11.4. The molecule has 0 bridgehead atoms. The Labute approximate surface area is 88.7 Å². The molecule has 0 spiro atoms. The molecular weight excluding hydrogens is 192 g/mol. The van der Waals surface area contributed by atoms with Gasteiger partial charge in [-0.15, -0.1) is 0 Å². The SMILES string of the molecule is CC(C)=CCc1c(O)cccc1C(=O)O. The number of rotatable bonds is 3. The van der Waals surface area contributed by atoms with Crippen molar-refractivity contribution >= 4 is 5.97 Å². The Bertz CT molecular complexity index is 401. The van der Waals surface area contributed by atoms with Gasteiger partial charge >= 0.3 is 5.97 Å². The van der Waals surface area contributed by atoms with E-state index >= 15 is 0 Å². The Morgan fingerprint density at radius 3 is 2.60 bits per heavy atom. The summed E-state index contributed by atoms with van der Waals surface area (Å²) in [5.41, 5.74) is 1.72. The maximum Gasteiger partial charge on any atom is 0.336 e. The van der Waals surface area contributed by atoms with Crippen LogP contribution < -0.4 is 0 Å². The summed E-state index contributed by atoms with van der Waals surface area (Å²) in [6.45, 7) is 3.86. The first-order valence-electron chi connectivity index (χ1n) is 4.70. The van der Waals surface area contributed by atoms with Crippen LogP contribution in [0.5, 0.6) is 5.75 Å². The summed E-state index contributed by atoms with van der Waals surface area (Å²) in [6.07, 6.45) is 2.33. The predicted octanol–water partition coefficient (Wildman–Crippen LogP) is 2.60. The number of hydrogen-bond donors (Lipinski definition) is 2. The van der Waals surface area contributed by atoms with Gasteiger partial charge in [-0.05, 0) is 32.4 Å². The molecular formula is C12H14O3. The van der Waals surface area contributed by atoms with Crippen molar-refractivity contribution < 1.29 is 15.0 Å². The molecule has 15 heavy (non-hydrogen) atoms. The molecule has 0 heterocycles. The van der Waals surface area contributed by atoms with E-state index in [9.17, 15) is 9.90 Å². The van der Waals surface area contributed by atoms with Gasteiger partial charge in [0.25, 0.3) is 0 Å². The highest BCUT2D eigenvalue weighted by Crippen LogP contribution is 2.22. The van der Waals surface area contributed by atoms with Crippen LogP contribution in [0, 0.1) is 0 Å². The Hall–Kier alpha value is -1.77. The number of aromatic hydroxyl groups is 1. The second-order valence-corrected chi connectivity index (χ2v) is 3.59. The van der Waals surface area contributed by atoms with Crippen molar-refractivity contribution in [2.75, 3.05) is 0 Å². The molecule has 0 atom stereocenters. The average Bonchev–Trinajstić information content (AvgIpc) is 2.15. The van der Waals surface area contributed by atoms with Crippen LogP contribution in [0.3, 0.4) is 0 Å². The predicted molar refractivity (Wildman–Crippen MR) is 58.2 cm³/mol. The third-order valence-corrected chi connectivity index (χ3v) is 2.10. The highest BCUT2D eigenvalue weighted by Gasteiger charge is 2.11. The lowest BCUT2D eigenvalue weighted by molar-refractivity contribution is 0.0695. The molecule has 0 unspecified atom stereocenters. The third kappa shape index (κ3) is 2.84. The molecule has 0 aliphatic heterocycles. The Kier molecular flexibility index (Phi) is 3.50. The fourth-order valence-electron chi connectivity index (χ4n) is 1.30. The van der Waals surface area contributed by atoms with E-state index in [2.05, 4.69) is 0 Å². The van der Waals surface area contributed by atoms with Crippen molar-refractivity contribution in [3.05, 3.63) is 41.0 Å². The Balaban J connectivity index is 3.13. The van der Waals surface area contributed by atoms with Crippen molar-refractivity contribution in [2.45, 2.75) is 20.3 Å². The number of aromatic carboxylic acids is 1. The standard InChI is InChI=1S/C12H14O3/c1-8(2)6-7-9-10(12(14)15)4-3-5-11(9)13/h3-6,13H,7H2,1-2H3,(H,14,15). The van der Waals surface area contributed by atoms with Gasteiger partial charge < -0.3 is 10.2 Å². The largest absolute Gasteiger partial charge is 0.508 e. The molecule has 3 nitrogen and oxygen atoms in total. The first-order chi connectivity index (χ1) is 7.02. The molecule has 1 aromatic carbocycles. The lowest BCUT2D eigenvalue weighted by Crippen LogP contribution is -2.01. The number of carbonyl (C=O) groups is 1. The molecule has 0 aromatic heterocycles. The summed E-state index contributed by atoms with van der Waals surface area (Å²) >= 11 is 0. The van der Waals surface area contributed by atoms with Gasteiger partial charge in [0.15, 0.2) is 0 Å². The summed E-state index contributed by atoms with van der Waals surface area (Å²) in [7, 11) is 0. The number of allylic oxidation sites excluding steroid dienone is 2. The van der Waals surface area contributed by atoms with E-state index in [0.29, 0.717) is 12.0 Å². The minimum Gasteiger partial charge on any atom is -0.508 e. The molecule has 0 aliphatic carbocycles. The summed E-state index contributed by atoms with van der Waals surface area (Å²) in [5.74, 6) is -0.976. The lowest BCUT2D eigenvalue weighted by atomic mass is 10.0. The third-order valence-electron chi connectivity index (χ3n) is 2.10. The molecule has 0 saturated carbocycles. The first kappa shape index (κ1) is 11.3. The van der Waals surface area contributed by atoms with Gasteiger partial charge in [0, 0.05) is 5.56 Å². The smallest absolute Gasteiger partial charge is 0.336 e. The summed E-state index contributed by atoms with van der Waals surface area (Å²) in [5, 5.41) is 18.5. The van der Waals surface area contributed by atoms with Gasteiger partial charge in [0.2, 0.25) is 0 Å². The van der Waals surface area contributed by atoms with E-state index in [-0.39, 0.29) is 11.3 Å². The minimum atomic E-state index is -1.01. The highest BCUT2D eigenvalue weighted by atomic mass is 16.4. The zero-order valence-electron chi connectivity index (χ0n) is 8.82. The molecule has 1 rings (SSSR count). The van der Waals surface area contributed by atoms with Crippen molar-refractivity contribution in [2.24, 2.45) is 0 Å². The van der Waals surface area contributed by atoms with Crippen LogP contribution in [0.4, 0.5) is 0 Å². The topological polar surface area (TPSA) is 57.5 Å². The molecule has 3 heteroatoms. The average molecular weight is 206 g/mol. The Morgan fingerprint density at radius 2 is 2.07 bits per heavy atom. The van der Waals surface area contributed by atoms with Crippen molar-refractivity contribution in [1.82, 2.24) is 0 Å². The maximum atomic E-state index is 10.9. The molecule has 1 aromatic rings. The van der Waals surface area contributed by atoms with Crippen molar-refractivity contribution in [3.63, 3.8) is 0 Å². The number of carboxylic acid groups (broad SMARTS) is 1. The van der Waals surface area contributed by atoms with Gasteiger partial charge in [0.1, 0.15) is 5.75 Å². The second-order valence-electron chi connectivity index (χ2n) is 3.59. The van der Waals surface area contributed by atoms with Crippen LogP contribution in [-0.4, -0.2) is 16.2 Å². The molecule has 0 saturated heterocycles. The number of benzene rings is 1. The van der Waals surface area contributed by atoms with E-state index in [1.807, 2.05) is 19.9 Å². The maximum absolute atomic E-state index is 10.9. The monoisotopic (exact) mass is 206 g/mol. The summed E-state index contributed by atoms with van der Waals surface area (Å²) < 4.78 is 0. The molecule has 80 valence electrons. The normalized spacial score (nSPS) is 9.73. The van der Waals surface area contributed by atoms with Crippen LogP contribution in [0.15, 0.2) is 29.8 Å².